The van der Waals surface area contributed by atoms with E-state index in [-0.39, 0.29) is 22.7 Å². The molecule has 0 aliphatic carbocycles. The quantitative estimate of drug-likeness (QED) is 0.837. The van der Waals surface area contributed by atoms with E-state index >= 15 is 0 Å². The number of aromatic nitrogens is 2. The molecule has 1 N–H and O–H groups in total. The lowest BCUT2D eigenvalue weighted by molar-refractivity contribution is -0.118. The monoisotopic (exact) mass is 365 g/mol. The normalized spacial score (nSPS) is 19.2. The number of sulfone groups is 1. The minimum Gasteiger partial charge on any atom is -0.351 e. The van der Waals surface area contributed by atoms with E-state index < -0.39 is 9.84 Å². The van der Waals surface area contributed by atoms with E-state index in [4.69, 9.17) is 0 Å². The van der Waals surface area contributed by atoms with Gasteiger partial charge in [-0.2, -0.15) is 5.10 Å². The topological polar surface area (TPSA) is 81.1 Å². The third-order valence-electron chi connectivity index (χ3n) is 3.84. The second-order valence-corrected chi connectivity index (χ2v) is 9.25. The van der Waals surface area contributed by atoms with E-state index in [2.05, 4.69) is 10.4 Å². The summed E-state index contributed by atoms with van der Waals surface area (Å²) in [6, 6.07) is 9.67. The number of benzene rings is 1. The van der Waals surface area contributed by atoms with Gasteiger partial charge in [-0.25, -0.2) is 13.1 Å². The molecule has 1 aromatic carbocycles. The third kappa shape index (κ3) is 4.61. The molecule has 1 saturated heterocycles. The first kappa shape index (κ1) is 17.0. The van der Waals surface area contributed by atoms with E-state index in [0.29, 0.717) is 18.7 Å². The van der Waals surface area contributed by atoms with Gasteiger partial charge >= 0.3 is 0 Å². The van der Waals surface area contributed by atoms with Gasteiger partial charge in [0.15, 0.2) is 9.84 Å². The van der Waals surface area contributed by atoms with E-state index in [0.717, 1.165) is 11.3 Å². The summed E-state index contributed by atoms with van der Waals surface area (Å²) in [5, 5.41) is 7.08. The molecule has 0 unspecified atom stereocenters. The Morgan fingerprint density at radius 2 is 2.12 bits per heavy atom. The number of amides is 1. The summed E-state index contributed by atoms with van der Waals surface area (Å²) in [7, 11) is -2.88. The van der Waals surface area contributed by atoms with Gasteiger partial charge < -0.3 is 5.32 Å². The number of hydrogen-bond acceptors (Lipinski definition) is 5. The Hall–Kier alpha value is -1.80. The summed E-state index contributed by atoms with van der Waals surface area (Å²) in [6.45, 7) is 0.460. The number of nitrogens with one attached hydrogen (secondary N) is 1. The van der Waals surface area contributed by atoms with Gasteiger partial charge in [0.2, 0.25) is 5.91 Å². The van der Waals surface area contributed by atoms with Gasteiger partial charge in [0, 0.05) is 24.2 Å². The minimum atomic E-state index is -2.88. The standard InChI is InChI=1S/C16H19N3O3S2/c20-16(11-23-15-6-9-24(21,22)12-15)17-10-13-2-4-14(5-3-13)19-8-1-7-18-19/h1-5,7-8,15H,6,9-12H2,(H,17,20)/t15-/m1/s1. The Labute approximate surface area is 145 Å². The molecule has 2 heterocycles. The average molecular weight is 365 g/mol. The lowest BCUT2D eigenvalue weighted by Gasteiger charge is -2.09. The predicted molar refractivity (Wildman–Crippen MR) is 94.9 cm³/mol. The van der Waals surface area contributed by atoms with Crippen molar-refractivity contribution in [3.63, 3.8) is 0 Å². The highest BCUT2D eigenvalue weighted by molar-refractivity contribution is 8.02. The molecule has 1 amide bonds. The first-order chi connectivity index (χ1) is 11.5. The van der Waals surface area contributed by atoms with Crippen LogP contribution < -0.4 is 5.32 Å². The molecule has 1 atom stereocenters. The summed E-state index contributed by atoms with van der Waals surface area (Å²) >= 11 is 1.43. The van der Waals surface area contributed by atoms with Crippen molar-refractivity contribution < 1.29 is 13.2 Å². The van der Waals surface area contributed by atoms with Crippen LogP contribution in [0.4, 0.5) is 0 Å². The lowest BCUT2D eigenvalue weighted by atomic mass is 10.2. The second-order valence-electron chi connectivity index (χ2n) is 5.73. The van der Waals surface area contributed by atoms with Gasteiger partial charge in [0.05, 0.1) is 22.9 Å². The summed E-state index contributed by atoms with van der Waals surface area (Å²) in [5.41, 5.74) is 1.97. The maximum atomic E-state index is 11.9. The van der Waals surface area contributed by atoms with Gasteiger partial charge in [-0.15, -0.1) is 11.8 Å². The fourth-order valence-corrected chi connectivity index (χ4v) is 6.00. The van der Waals surface area contributed by atoms with Crippen LogP contribution >= 0.6 is 11.8 Å². The number of hydrogen-bond donors (Lipinski definition) is 1. The zero-order valence-electron chi connectivity index (χ0n) is 13.1. The first-order valence-corrected chi connectivity index (χ1v) is 10.6. The van der Waals surface area contributed by atoms with Crippen molar-refractivity contribution in [3.05, 3.63) is 48.3 Å². The van der Waals surface area contributed by atoms with Crippen LogP contribution in [0.15, 0.2) is 42.7 Å². The Bertz CT molecular complexity index is 786. The molecule has 0 spiro atoms. The Morgan fingerprint density at radius 3 is 2.75 bits per heavy atom. The van der Waals surface area contributed by atoms with Gasteiger partial charge in [0.25, 0.3) is 0 Å². The van der Waals surface area contributed by atoms with Crippen LogP contribution in [0.2, 0.25) is 0 Å². The second kappa shape index (κ2) is 7.40. The van der Waals surface area contributed by atoms with Crippen molar-refractivity contribution in [1.82, 2.24) is 15.1 Å². The van der Waals surface area contributed by atoms with Crippen molar-refractivity contribution in [2.45, 2.75) is 18.2 Å². The zero-order valence-corrected chi connectivity index (χ0v) is 14.7. The van der Waals surface area contributed by atoms with Crippen molar-refractivity contribution >= 4 is 27.5 Å². The van der Waals surface area contributed by atoms with Gasteiger partial charge in [-0.3, -0.25) is 4.79 Å². The number of nitrogens with zero attached hydrogens (tertiary/aromatic N) is 2. The van der Waals surface area contributed by atoms with E-state index in [1.807, 2.05) is 36.5 Å². The highest BCUT2D eigenvalue weighted by atomic mass is 32.2. The van der Waals surface area contributed by atoms with Crippen LogP contribution in [-0.4, -0.2) is 46.6 Å². The summed E-state index contributed by atoms with van der Waals surface area (Å²) in [5.74, 6) is 0.667. The average Bonchev–Trinajstić information content (AvgIpc) is 3.21. The van der Waals surface area contributed by atoms with Crippen molar-refractivity contribution in [2.24, 2.45) is 0 Å². The SMILES string of the molecule is O=C(CS[C@@H]1CCS(=O)(=O)C1)NCc1ccc(-n2cccn2)cc1. The Kier molecular flexibility index (Phi) is 5.25. The van der Waals surface area contributed by atoms with Crippen molar-refractivity contribution in [3.8, 4) is 5.69 Å². The van der Waals surface area contributed by atoms with Crippen molar-refractivity contribution in [1.29, 1.82) is 0 Å². The fraction of sp³-hybridized carbons (Fsp3) is 0.375. The fourth-order valence-electron chi connectivity index (χ4n) is 2.53. The highest BCUT2D eigenvalue weighted by Gasteiger charge is 2.28. The molecule has 0 saturated carbocycles. The summed E-state index contributed by atoms with van der Waals surface area (Å²) < 4.78 is 24.6. The number of rotatable bonds is 6. The third-order valence-corrected chi connectivity index (χ3v) is 7.12. The van der Waals surface area contributed by atoms with Crippen LogP contribution in [0.5, 0.6) is 0 Å². The molecule has 1 fully saturated rings. The van der Waals surface area contributed by atoms with E-state index in [1.165, 1.54) is 11.8 Å². The summed E-state index contributed by atoms with van der Waals surface area (Å²) in [6.07, 6.45) is 4.24. The molecule has 1 aliphatic heterocycles. The molecular formula is C16H19N3O3S2. The van der Waals surface area contributed by atoms with Gasteiger partial charge in [-0.1, -0.05) is 12.1 Å². The number of carbonyl (C=O) groups is 1. The maximum absolute atomic E-state index is 11.9. The maximum Gasteiger partial charge on any atom is 0.230 e. The lowest BCUT2D eigenvalue weighted by Crippen LogP contribution is -2.25. The predicted octanol–water partition coefficient (Wildman–Crippen LogP) is 1.41. The Balaban J connectivity index is 1.43. The molecule has 128 valence electrons. The van der Waals surface area contributed by atoms with E-state index in [9.17, 15) is 13.2 Å². The van der Waals surface area contributed by atoms with Crippen LogP contribution in [0.3, 0.4) is 0 Å². The molecule has 0 bridgehead atoms. The number of thioether (sulfide) groups is 1. The largest absolute Gasteiger partial charge is 0.351 e. The smallest absolute Gasteiger partial charge is 0.230 e. The van der Waals surface area contributed by atoms with Crippen LogP contribution in [0.25, 0.3) is 5.69 Å². The van der Waals surface area contributed by atoms with Crippen LogP contribution in [0.1, 0.15) is 12.0 Å². The summed E-state index contributed by atoms with van der Waals surface area (Å²) in [4.78, 5) is 11.9. The molecule has 24 heavy (non-hydrogen) atoms. The van der Waals surface area contributed by atoms with Gasteiger partial charge in [0.1, 0.15) is 0 Å². The molecule has 1 aliphatic rings. The zero-order chi connectivity index (χ0) is 17.0. The minimum absolute atomic E-state index is 0.0501. The number of carbonyl (C=O) groups excluding carboxylic acids is 1. The van der Waals surface area contributed by atoms with Crippen LogP contribution in [-0.2, 0) is 21.2 Å². The van der Waals surface area contributed by atoms with E-state index in [1.54, 1.807) is 10.9 Å². The Morgan fingerprint density at radius 1 is 1.33 bits per heavy atom. The highest BCUT2D eigenvalue weighted by Crippen LogP contribution is 2.23. The molecule has 6 nitrogen and oxygen atoms in total. The van der Waals surface area contributed by atoms with Gasteiger partial charge in [-0.05, 0) is 30.2 Å². The molecule has 0 radical (unpaired) electrons. The molecule has 1 aromatic heterocycles. The molecular weight excluding hydrogens is 346 g/mol. The molecule has 2 aromatic rings. The molecule has 3 rings (SSSR count). The molecule has 8 heteroatoms. The first-order valence-electron chi connectivity index (χ1n) is 7.69. The van der Waals surface area contributed by atoms with Crippen molar-refractivity contribution in [2.75, 3.05) is 17.3 Å². The van der Waals surface area contributed by atoms with Crippen LogP contribution in [0, 0.1) is 0 Å².